The van der Waals surface area contributed by atoms with E-state index >= 15 is 0 Å². The quantitative estimate of drug-likeness (QED) is 0.631. The van der Waals surface area contributed by atoms with Crippen LogP contribution >= 0.6 is 0 Å². The van der Waals surface area contributed by atoms with E-state index in [1.165, 1.54) is 32.1 Å². The minimum atomic E-state index is 0.328. The molecule has 1 saturated heterocycles. The molecule has 0 aromatic carbocycles. The molecule has 1 aliphatic heterocycles. The van der Waals surface area contributed by atoms with Crippen molar-refractivity contribution in [3.05, 3.63) is 12.8 Å². The molecule has 2 aliphatic rings. The summed E-state index contributed by atoms with van der Waals surface area (Å²) in [6.07, 6.45) is 7.81. The lowest BCUT2D eigenvalue weighted by Gasteiger charge is -2.40. The van der Waals surface area contributed by atoms with Crippen molar-refractivity contribution in [2.75, 3.05) is 33.0 Å². The first-order valence-corrected chi connectivity index (χ1v) is 7.66. The van der Waals surface area contributed by atoms with Crippen molar-refractivity contribution < 1.29 is 14.2 Å². The molecule has 0 aromatic rings. The zero-order chi connectivity index (χ0) is 13.6. The molecule has 2 rings (SSSR count). The maximum Gasteiger partial charge on any atom is 0.0901 e. The van der Waals surface area contributed by atoms with Crippen LogP contribution in [0.5, 0.6) is 0 Å². The molecule has 19 heavy (non-hydrogen) atoms. The lowest BCUT2D eigenvalue weighted by Crippen LogP contribution is -2.46. The Morgan fingerprint density at radius 3 is 2.26 bits per heavy atom. The molecule has 3 nitrogen and oxygen atoms in total. The first kappa shape index (κ1) is 14.9. The van der Waals surface area contributed by atoms with Crippen LogP contribution in [0.3, 0.4) is 0 Å². The fourth-order valence-electron chi connectivity index (χ4n) is 2.99. The summed E-state index contributed by atoms with van der Waals surface area (Å²) in [6.45, 7) is 10.2. The van der Waals surface area contributed by atoms with Gasteiger partial charge in [0.1, 0.15) is 0 Å². The van der Waals surface area contributed by atoms with Gasteiger partial charge in [-0.3, -0.25) is 0 Å². The van der Waals surface area contributed by atoms with Crippen molar-refractivity contribution in [3.8, 4) is 0 Å². The smallest absolute Gasteiger partial charge is 0.0901 e. The average molecular weight is 268 g/mol. The number of hydrogen-bond acceptors (Lipinski definition) is 3. The van der Waals surface area contributed by atoms with Crippen LogP contribution in [0.1, 0.15) is 39.0 Å². The number of rotatable bonds is 8. The Labute approximate surface area is 117 Å². The van der Waals surface area contributed by atoms with Crippen molar-refractivity contribution in [1.29, 1.82) is 0 Å². The predicted octanol–water partition coefficient (Wildman–Crippen LogP) is 3.40. The first-order valence-electron chi connectivity index (χ1n) is 7.66. The van der Waals surface area contributed by atoms with Crippen LogP contribution in [0, 0.1) is 17.3 Å². The van der Waals surface area contributed by atoms with Gasteiger partial charge in [-0.2, -0.15) is 0 Å². The maximum atomic E-state index is 5.96. The monoisotopic (exact) mass is 268 g/mol. The van der Waals surface area contributed by atoms with E-state index in [1.807, 2.05) is 0 Å². The average Bonchev–Trinajstić information content (AvgIpc) is 2.41. The predicted molar refractivity (Wildman–Crippen MR) is 76.0 cm³/mol. The molecule has 0 N–H and O–H groups in total. The Morgan fingerprint density at radius 2 is 1.79 bits per heavy atom. The van der Waals surface area contributed by atoms with Crippen molar-refractivity contribution in [2.45, 2.75) is 39.0 Å². The van der Waals surface area contributed by atoms with E-state index in [4.69, 9.17) is 14.2 Å². The molecule has 1 heterocycles. The van der Waals surface area contributed by atoms with Crippen LogP contribution in [0.15, 0.2) is 12.8 Å². The largest absolute Gasteiger partial charge is 0.502 e. The third kappa shape index (κ3) is 4.22. The van der Waals surface area contributed by atoms with E-state index in [1.54, 1.807) is 6.26 Å². The van der Waals surface area contributed by atoms with Gasteiger partial charge in [0.2, 0.25) is 0 Å². The second-order valence-corrected chi connectivity index (χ2v) is 6.25. The lowest BCUT2D eigenvalue weighted by atomic mass is 9.82. The van der Waals surface area contributed by atoms with Gasteiger partial charge in [0.25, 0.3) is 0 Å². The summed E-state index contributed by atoms with van der Waals surface area (Å²) in [6, 6.07) is 0. The Kier molecular flexibility index (Phi) is 5.71. The highest BCUT2D eigenvalue weighted by atomic mass is 16.5. The molecular weight excluding hydrogens is 240 g/mol. The SMILES string of the molecule is C=COCC1CCC(COCC2(CC)COC2)CC1. The van der Waals surface area contributed by atoms with Gasteiger partial charge in [-0.25, -0.2) is 0 Å². The Balaban J connectivity index is 1.57. The maximum absolute atomic E-state index is 5.96. The summed E-state index contributed by atoms with van der Waals surface area (Å²) in [5.74, 6) is 1.46. The highest BCUT2D eigenvalue weighted by Crippen LogP contribution is 2.33. The van der Waals surface area contributed by atoms with Gasteiger partial charge < -0.3 is 14.2 Å². The molecule has 0 atom stereocenters. The summed E-state index contributed by atoms with van der Waals surface area (Å²) in [5, 5.41) is 0. The van der Waals surface area contributed by atoms with Crippen LogP contribution in [0.25, 0.3) is 0 Å². The second kappa shape index (κ2) is 7.30. The molecule has 0 spiro atoms. The summed E-state index contributed by atoms with van der Waals surface area (Å²) >= 11 is 0. The Hall–Kier alpha value is -0.540. The molecule has 3 heteroatoms. The molecular formula is C16H28O3. The summed E-state index contributed by atoms with van der Waals surface area (Å²) in [4.78, 5) is 0. The Morgan fingerprint density at radius 1 is 1.16 bits per heavy atom. The van der Waals surface area contributed by atoms with E-state index in [9.17, 15) is 0 Å². The van der Waals surface area contributed by atoms with Crippen molar-refractivity contribution in [2.24, 2.45) is 17.3 Å². The third-order valence-corrected chi connectivity index (χ3v) is 4.74. The van der Waals surface area contributed by atoms with Crippen LogP contribution in [-0.2, 0) is 14.2 Å². The van der Waals surface area contributed by atoms with Gasteiger partial charge in [-0.15, -0.1) is 0 Å². The number of hydrogen-bond donors (Lipinski definition) is 0. The van der Waals surface area contributed by atoms with Crippen molar-refractivity contribution >= 4 is 0 Å². The zero-order valence-electron chi connectivity index (χ0n) is 12.2. The minimum Gasteiger partial charge on any atom is -0.502 e. The van der Waals surface area contributed by atoms with E-state index in [0.717, 1.165) is 44.9 Å². The van der Waals surface area contributed by atoms with Crippen LogP contribution in [0.2, 0.25) is 0 Å². The van der Waals surface area contributed by atoms with E-state index in [-0.39, 0.29) is 0 Å². The minimum absolute atomic E-state index is 0.328. The molecule has 1 aliphatic carbocycles. The summed E-state index contributed by atoms with van der Waals surface area (Å²) in [7, 11) is 0. The van der Waals surface area contributed by atoms with Crippen LogP contribution in [-0.4, -0.2) is 33.0 Å². The topological polar surface area (TPSA) is 27.7 Å². The highest BCUT2D eigenvalue weighted by molar-refractivity contribution is 4.84. The molecule has 0 aromatic heterocycles. The molecule has 110 valence electrons. The van der Waals surface area contributed by atoms with Crippen molar-refractivity contribution in [1.82, 2.24) is 0 Å². The molecule has 2 fully saturated rings. The Bertz CT molecular complexity index is 260. The van der Waals surface area contributed by atoms with E-state index < -0.39 is 0 Å². The zero-order valence-corrected chi connectivity index (χ0v) is 12.2. The normalized spacial score (nSPS) is 29.5. The third-order valence-electron chi connectivity index (χ3n) is 4.74. The first-order chi connectivity index (χ1) is 9.28. The molecule has 1 saturated carbocycles. The fourth-order valence-corrected chi connectivity index (χ4v) is 2.99. The molecule has 0 bridgehead atoms. The molecule has 0 amide bonds. The van der Waals surface area contributed by atoms with Gasteiger partial charge in [0.05, 0.1) is 32.7 Å². The van der Waals surface area contributed by atoms with Gasteiger partial charge in [0, 0.05) is 12.0 Å². The second-order valence-electron chi connectivity index (χ2n) is 6.25. The molecule has 0 radical (unpaired) electrons. The van der Waals surface area contributed by atoms with E-state index in [0.29, 0.717) is 5.41 Å². The molecule has 0 unspecified atom stereocenters. The van der Waals surface area contributed by atoms with Crippen molar-refractivity contribution in [3.63, 3.8) is 0 Å². The number of ether oxygens (including phenoxy) is 3. The van der Waals surface area contributed by atoms with Crippen LogP contribution < -0.4 is 0 Å². The lowest BCUT2D eigenvalue weighted by molar-refractivity contribution is -0.153. The highest BCUT2D eigenvalue weighted by Gasteiger charge is 2.37. The fraction of sp³-hybridized carbons (Fsp3) is 0.875. The summed E-state index contributed by atoms with van der Waals surface area (Å²) < 4.78 is 16.6. The van der Waals surface area contributed by atoms with Gasteiger partial charge in [-0.05, 0) is 43.9 Å². The standard InChI is InChI=1S/C16H28O3/c1-3-16(12-19-13-16)11-18-10-15-7-5-14(6-8-15)9-17-4-2/h4,14-15H,2-3,5-13H2,1H3. The van der Waals surface area contributed by atoms with Crippen LogP contribution in [0.4, 0.5) is 0 Å². The summed E-state index contributed by atoms with van der Waals surface area (Å²) in [5.41, 5.74) is 0.328. The van der Waals surface area contributed by atoms with Gasteiger partial charge in [-0.1, -0.05) is 13.5 Å². The van der Waals surface area contributed by atoms with Gasteiger partial charge in [0.15, 0.2) is 0 Å². The van der Waals surface area contributed by atoms with E-state index in [2.05, 4.69) is 13.5 Å². The van der Waals surface area contributed by atoms with Gasteiger partial charge >= 0.3 is 0 Å².